The van der Waals surface area contributed by atoms with Gasteiger partial charge in [-0.3, -0.25) is 0 Å². The van der Waals surface area contributed by atoms with Crippen molar-refractivity contribution >= 4 is 0 Å². The van der Waals surface area contributed by atoms with Crippen LogP contribution in [0, 0.1) is 5.92 Å². The summed E-state index contributed by atoms with van der Waals surface area (Å²) in [6.07, 6.45) is 5.77. The summed E-state index contributed by atoms with van der Waals surface area (Å²) in [5.41, 5.74) is 0. The molecular weight excluding hydrogens is 190 g/mol. The monoisotopic (exact) mass is 213 g/mol. The Morgan fingerprint density at radius 3 is 2.80 bits per heavy atom. The molecule has 0 aromatic heterocycles. The minimum atomic E-state index is 0.275. The molecule has 3 heteroatoms. The average Bonchev–Trinajstić information content (AvgIpc) is 3.09. The van der Waals surface area contributed by atoms with Gasteiger partial charge in [0.05, 0.1) is 25.9 Å². The van der Waals surface area contributed by atoms with Crippen LogP contribution in [0.3, 0.4) is 0 Å². The van der Waals surface area contributed by atoms with Crippen molar-refractivity contribution in [1.29, 1.82) is 0 Å². The number of likely N-dealkylation sites (N-methyl/N-ethyl adjacent to an activating group) is 1. The fraction of sp³-hybridized carbons (Fsp3) is 1.00. The Kier molecular flexibility index (Phi) is 4.42. The Morgan fingerprint density at radius 1 is 1.33 bits per heavy atom. The minimum absolute atomic E-state index is 0.275. The number of hydrogen-bond acceptors (Lipinski definition) is 3. The first-order valence-electron chi connectivity index (χ1n) is 6.33. The second kappa shape index (κ2) is 5.83. The van der Waals surface area contributed by atoms with Crippen molar-refractivity contribution in [2.24, 2.45) is 5.92 Å². The predicted octanol–water partition coefficient (Wildman–Crippen LogP) is 1.57. The molecule has 15 heavy (non-hydrogen) atoms. The Hall–Kier alpha value is -0.120. The van der Waals surface area contributed by atoms with Crippen molar-refractivity contribution < 1.29 is 9.47 Å². The quantitative estimate of drug-likeness (QED) is 0.726. The highest BCUT2D eigenvalue weighted by molar-refractivity contribution is 4.82. The molecule has 2 aliphatic rings. The first-order chi connectivity index (χ1) is 7.40. The topological polar surface area (TPSA) is 30.5 Å². The summed E-state index contributed by atoms with van der Waals surface area (Å²) < 4.78 is 11.2. The molecule has 1 aliphatic heterocycles. The lowest BCUT2D eigenvalue weighted by Gasteiger charge is -2.31. The van der Waals surface area contributed by atoms with Crippen LogP contribution in [0.25, 0.3) is 0 Å². The van der Waals surface area contributed by atoms with E-state index in [1.54, 1.807) is 0 Å². The summed E-state index contributed by atoms with van der Waals surface area (Å²) in [5.74, 6) is 1.01. The lowest BCUT2D eigenvalue weighted by atomic mass is 10.0. The van der Waals surface area contributed by atoms with E-state index in [-0.39, 0.29) is 6.10 Å². The van der Waals surface area contributed by atoms with Gasteiger partial charge in [0.2, 0.25) is 0 Å². The van der Waals surface area contributed by atoms with Crippen LogP contribution in [0.5, 0.6) is 0 Å². The van der Waals surface area contributed by atoms with E-state index in [1.165, 1.54) is 25.7 Å². The molecule has 1 N–H and O–H groups in total. The van der Waals surface area contributed by atoms with E-state index < -0.39 is 0 Å². The normalized spacial score (nSPS) is 29.0. The second-order valence-electron chi connectivity index (χ2n) is 4.67. The molecule has 88 valence electrons. The number of nitrogens with one attached hydrogen (secondary N) is 1. The lowest BCUT2D eigenvalue weighted by Crippen LogP contribution is -2.46. The van der Waals surface area contributed by atoms with E-state index in [0.717, 1.165) is 32.3 Å². The maximum atomic E-state index is 5.76. The number of rotatable bonds is 6. The van der Waals surface area contributed by atoms with Gasteiger partial charge in [-0.25, -0.2) is 0 Å². The van der Waals surface area contributed by atoms with Gasteiger partial charge in [-0.1, -0.05) is 19.8 Å². The summed E-state index contributed by atoms with van der Waals surface area (Å²) in [5, 5.41) is 3.53. The number of ether oxygens (including phenoxy) is 2. The van der Waals surface area contributed by atoms with Gasteiger partial charge in [-0.2, -0.15) is 0 Å². The third kappa shape index (κ3) is 3.74. The standard InChI is InChI=1S/C12H23NO2/c1-2-13-11(6-5-10-3-4-10)12-9-14-7-8-15-12/h10-13H,2-9H2,1H3. The Balaban J connectivity index is 1.74. The molecule has 0 amide bonds. The van der Waals surface area contributed by atoms with E-state index in [0.29, 0.717) is 6.04 Å². The predicted molar refractivity (Wildman–Crippen MR) is 60.0 cm³/mol. The van der Waals surface area contributed by atoms with Crippen molar-refractivity contribution in [3.8, 4) is 0 Å². The smallest absolute Gasteiger partial charge is 0.0962 e. The SMILES string of the molecule is CCNC(CCC1CC1)C1COCCO1. The van der Waals surface area contributed by atoms with Crippen molar-refractivity contribution in [1.82, 2.24) is 5.32 Å². The zero-order valence-corrected chi connectivity index (χ0v) is 9.71. The number of hydrogen-bond donors (Lipinski definition) is 1. The fourth-order valence-electron chi connectivity index (χ4n) is 2.24. The van der Waals surface area contributed by atoms with Gasteiger partial charge in [0, 0.05) is 6.04 Å². The van der Waals surface area contributed by atoms with Crippen LogP contribution in [0.2, 0.25) is 0 Å². The van der Waals surface area contributed by atoms with Gasteiger partial charge < -0.3 is 14.8 Å². The highest BCUT2D eigenvalue weighted by atomic mass is 16.6. The van der Waals surface area contributed by atoms with Crippen LogP contribution in [-0.2, 0) is 9.47 Å². The molecule has 1 heterocycles. The minimum Gasteiger partial charge on any atom is -0.376 e. The Morgan fingerprint density at radius 2 is 2.20 bits per heavy atom. The zero-order valence-electron chi connectivity index (χ0n) is 9.71. The second-order valence-corrected chi connectivity index (χ2v) is 4.67. The van der Waals surface area contributed by atoms with Crippen LogP contribution in [-0.4, -0.2) is 38.5 Å². The zero-order chi connectivity index (χ0) is 10.5. The summed E-state index contributed by atoms with van der Waals surface area (Å²) in [6.45, 7) is 5.47. The molecule has 0 aromatic carbocycles. The van der Waals surface area contributed by atoms with Crippen LogP contribution in [0.15, 0.2) is 0 Å². The Labute approximate surface area is 92.5 Å². The lowest BCUT2D eigenvalue weighted by molar-refractivity contribution is -0.102. The molecule has 2 rings (SSSR count). The van der Waals surface area contributed by atoms with Crippen LogP contribution in [0.4, 0.5) is 0 Å². The van der Waals surface area contributed by atoms with Gasteiger partial charge in [0.15, 0.2) is 0 Å². The van der Waals surface area contributed by atoms with Crippen LogP contribution in [0.1, 0.15) is 32.6 Å². The van der Waals surface area contributed by atoms with Gasteiger partial charge in [0.1, 0.15) is 0 Å². The molecule has 1 saturated carbocycles. The van der Waals surface area contributed by atoms with Crippen molar-refractivity contribution in [3.05, 3.63) is 0 Å². The molecular formula is C12H23NO2. The van der Waals surface area contributed by atoms with Gasteiger partial charge >= 0.3 is 0 Å². The first kappa shape index (κ1) is 11.4. The van der Waals surface area contributed by atoms with Gasteiger partial charge in [-0.05, 0) is 25.3 Å². The van der Waals surface area contributed by atoms with Crippen molar-refractivity contribution in [3.63, 3.8) is 0 Å². The third-order valence-corrected chi connectivity index (χ3v) is 3.34. The Bertz CT molecular complexity index is 176. The molecule has 0 bridgehead atoms. The molecule has 2 unspecified atom stereocenters. The largest absolute Gasteiger partial charge is 0.376 e. The van der Waals surface area contributed by atoms with Crippen molar-refractivity contribution in [2.45, 2.75) is 44.8 Å². The molecule has 2 fully saturated rings. The third-order valence-electron chi connectivity index (χ3n) is 3.34. The highest BCUT2D eigenvalue weighted by Gasteiger charge is 2.27. The van der Waals surface area contributed by atoms with Gasteiger partial charge in [0.25, 0.3) is 0 Å². The molecule has 0 aromatic rings. The summed E-state index contributed by atoms with van der Waals surface area (Å²) >= 11 is 0. The van der Waals surface area contributed by atoms with Crippen molar-refractivity contribution in [2.75, 3.05) is 26.4 Å². The molecule has 1 saturated heterocycles. The first-order valence-corrected chi connectivity index (χ1v) is 6.33. The van der Waals surface area contributed by atoms with Crippen LogP contribution < -0.4 is 5.32 Å². The van der Waals surface area contributed by atoms with Gasteiger partial charge in [-0.15, -0.1) is 0 Å². The van der Waals surface area contributed by atoms with E-state index in [2.05, 4.69) is 12.2 Å². The maximum absolute atomic E-state index is 5.76. The molecule has 2 atom stereocenters. The van der Waals surface area contributed by atoms with Crippen LogP contribution >= 0.6 is 0 Å². The molecule has 0 radical (unpaired) electrons. The molecule has 1 aliphatic carbocycles. The van der Waals surface area contributed by atoms with E-state index in [4.69, 9.17) is 9.47 Å². The molecule has 0 spiro atoms. The van der Waals surface area contributed by atoms with E-state index in [1.807, 2.05) is 0 Å². The highest BCUT2D eigenvalue weighted by Crippen LogP contribution is 2.34. The summed E-state index contributed by atoms with van der Waals surface area (Å²) in [4.78, 5) is 0. The summed E-state index contributed by atoms with van der Waals surface area (Å²) in [6, 6.07) is 0.496. The fourth-order valence-corrected chi connectivity index (χ4v) is 2.24. The molecule has 3 nitrogen and oxygen atoms in total. The summed E-state index contributed by atoms with van der Waals surface area (Å²) in [7, 11) is 0. The van der Waals surface area contributed by atoms with E-state index in [9.17, 15) is 0 Å². The van der Waals surface area contributed by atoms with E-state index >= 15 is 0 Å². The maximum Gasteiger partial charge on any atom is 0.0962 e. The average molecular weight is 213 g/mol.